The Balaban J connectivity index is 1.39. The molecule has 2 aromatic heterocycles. The van der Waals surface area contributed by atoms with Gasteiger partial charge in [0.1, 0.15) is 5.82 Å². The van der Waals surface area contributed by atoms with Gasteiger partial charge in [0.05, 0.1) is 0 Å². The van der Waals surface area contributed by atoms with Crippen molar-refractivity contribution < 1.29 is 4.79 Å². The maximum absolute atomic E-state index is 11.7. The molecule has 0 saturated heterocycles. The molecule has 0 fully saturated rings. The van der Waals surface area contributed by atoms with Crippen molar-refractivity contribution in [3.63, 3.8) is 0 Å². The Kier molecular flexibility index (Phi) is 5.56. The van der Waals surface area contributed by atoms with E-state index >= 15 is 0 Å². The molecule has 0 bridgehead atoms. The maximum atomic E-state index is 11.7. The van der Waals surface area contributed by atoms with Gasteiger partial charge in [0, 0.05) is 31.6 Å². The number of carbonyl (C=O) groups is 1. The monoisotopic (exact) mass is 333 g/mol. The Morgan fingerprint density at radius 1 is 0.960 bits per heavy atom. The molecule has 0 unspecified atom stereocenters. The Bertz CT molecular complexity index is 811. The van der Waals surface area contributed by atoms with Crippen LogP contribution in [-0.2, 0) is 4.79 Å². The fraction of sp³-hybridized carbons (Fsp3) is 0.105. The standard InChI is InChI=1S/C19H19N5O/c25-19(11-8-16-6-2-1-3-7-16)21-13-12-20-17-9-10-18(23-22-17)24-14-4-5-15-24/h1-11,14-15H,12-13H2,(H,20,22)(H,21,25)/b11-8+. The third-order valence-electron chi connectivity index (χ3n) is 3.48. The van der Waals surface area contributed by atoms with Gasteiger partial charge >= 0.3 is 0 Å². The van der Waals surface area contributed by atoms with Gasteiger partial charge in [-0.05, 0) is 35.9 Å². The smallest absolute Gasteiger partial charge is 0.244 e. The number of nitrogens with one attached hydrogen (secondary N) is 2. The van der Waals surface area contributed by atoms with E-state index < -0.39 is 0 Å². The van der Waals surface area contributed by atoms with E-state index in [0.29, 0.717) is 18.9 Å². The van der Waals surface area contributed by atoms with Crippen LogP contribution in [0.2, 0.25) is 0 Å². The minimum atomic E-state index is -0.125. The van der Waals surface area contributed by atoms with E-state index in [-0.39, 0.29) is 5.91 Å². The molecule has 6 nitrogen and oxygen atoms in total. The zero-order valence-electron chi connectivity index (χ0n) is 13.7. The molecular formula is C19H19N5O. The van der Waals surface area contributed by atoms with Crippen LogP contribution < -0.4 is 10.6 Å². The van der Waals surface area contributed by atoms with Gasteiger partial charge in [0.2, 0.25) is 5.91 Å². The van der Waals surface area contributed by atoms with Crippen molar-refractivity contribution in [2.24, 2.45) is 0 Å². The van der Waals surface area contributed by atoms with E-state index in [1.165, 1.54) is 6.08 Å². The van der Waals surface area contributed by atoms with Crippen LogP contribution in [-0.4, -0.2) is 33.8 Å². The molecule has 0 aliphatic carbocycles. The first kappa shape index (κ1) is 16.4. The Morgan fingerprint density at radius 3 is 2.48 bits per heavy atom. The lowest BCUT2D eigenvalue weighted by atomic mass is 10.2. The molecule has 0 atom stereocenters. The van der Waals surface area contributed by atoms with Crippen LogP contribution in [0.4, 0.5) is 5.82 Å². The summed E-state index contributed by atoms with van der Waals surface area (Å²) in [5, 5.41) is 14.2. The molecule has 0 aliphatic heterocycles. The van der Waals surface area contributed by atoms with E-state index in [9.17, 15) is 4.79 Å². The van der Waals surface area contributed by atoms with E-state index in [0.717, 1.165) is 11.4 Å². The lowest BCUT2D eigenvalue weighted by Crippen LogP contribution is -2.27. The van der Waals surface area contributed by atoms with Gasteiger partial charge in [0.25, 0.3) is 0 Å². The average Bonchev–Trinajstić information content (AvgIpc) is 3.20. The van der Waals surface area contributed by atoms with Crippen LogP contribution >= 0.6 is 0 Å². The summed E-state index contributed by atoms with van der Waals surface area (Å²) in [7, 11) is 0. The van der Waals surface area contributed by atoms with E-state index in [1.807, 2.05) is 71.6 Å². The van der Waals surface area contributed by atoms with Crippen molar-refractivity contribution in [3.05, 3.63) is 78.6 Å². The van der Waals surface area contributed by atoms with Crippen LogP contribution in [0, 0.1) is 0 Å². The maximum Gasteiger partial charge on any atom is 0.244 e. The molecule has 3 rings (SSSR count). The quantitative estimate of drug-likeness (QED) is 0.515. The first-order valence-corrected chi connectivity index (χ1v) is 8.03. The molecule has 1 aromatic carbocycles. The van der Waals surface area contributed by atoms with Crippen LogP contribution in [0.25, 0.3) is 11.9 Å². The molecule has 1 amide bonds. The number of hydrogen-bond donors (Lipinski definition) is 2. The average molecular weight is 333 g/mol. The summed E-state index contributed by atoms with van der Waals surface area (Å²) in [6, 6.07) is 17.3. The van der Waals surface area contributed by atoms with Gasteiger partial charge < -0.3 is 15.2 Å². The highest BCUT2D eigenvalue weighted by molar-refractivity contribution is 5.91. The van der Waals surface area contributed by atoms with Gasteiger partial charge in [-0.15, -0.1) is 10.2 Å². The summed E-state index contributed by atoms with van der Waals surface area (Å²) in [6.45, 7) is 1.07. The third kappa shape index (κ3) is 5.04. The lowest BCUT2D eigenvalue weighted by Gasteiger charge is -2.06. The summed E-state index contributed by atoms with van der Waals surface area (Å²) in [4.78, 5) is 11.7. The van der Waals surface area contributed by atoms with Crippen LogP contribution in [0.5, 0.6) is 0 Å². The van der Waals surface area contributed by atoms with Gasteiger partial charge in [-0.3, -0.25) is 4.79 Å². The molecule has 2 N–H and O–H groups in total. The number of anilines is 1. The summed E-state index contributed by atoms with van der Waals surface area (Å²) in [5.41, 5.74) is 0.994. The van der Waals surface area contributed by atoms with Crippen molar-refractivity contribution >= 4 is 17.8 Å². The zero-order valence-corrected chi connectivity index (χ0v) is 13.7. The predicted octanol–water partition coefficient (Wildman–Crippen LogP) is 2.51. The number of nitrogens with zero attached hydrogens (tertiary/aromatic N) is 3. The van der Waals surface area contributed by atoms with Crippen LogP contribution in [0.15, 0.2) is 73.1 Å². The number of aromatic nitrogens is 3. The van der Waals surface area contributed by atoms with Gasteiger partial charge in [-0.25, -0.2) is 0 Å². The van der Waals surface area contributed by atoms with Gasteiger partial charge in [-0.2, -0.15) is 0 Å². The summed E-state index contributed by atoms with van der Waals surface area (Å²) in [6.07, 6.45) is 7.14. The number of benzene rings is 1. The van der Waals surface area contributed by atoms with Gasteiger partial charge in [0.15, 0.2) is 5.82 Å². The Hall–Kier alpha value is -3.41. The van der Waals surface area contributed by atoms with Crippen LogP contribution in [0.3, 0.4) is 0 Å². The van der Waals surface area contributed by atoms with Crippen molar-refractivity contribution in [2.75, 3.05) is 18.4 Å². The highest BCUT2D eigenvalue weighted by atomic mass is 16.1. The zero-order chi connectivity index (χ0) is 17.3. The molecule has 0 spiro atoms. The Labute approximate surface area is 146 Å². The molecule has 0 radical (unpaired) electrons. The Morgan fingerprint density at radius 2 is 1.76 bits per heavy atom. The second-order valence-corrected chi connectivity index (χ2v) is 5.33. The largest absolute Gasteiger partial charge is 0.367 e. The fourth-order valence-electron chi connectivity index (χ4n) is 2.22. The van der Waals surface area contributed by atoms with E-state index in [1.54, 1.807) is 6.08 Å². The minimum Gasteiger partial charge on any atom is -0.367 e. The SMILES string of the molecule is O=C(/C=C/c1ccccc1)NCCNc1ccc(-n2cccc2)nn1. The highest BCUT2D eigenvalue weighted by Gasteiger charge is 1.99. The van der Waals surface area contributed by atoms with E-state index in [2.05, 4.69) is 20.8 Å². The number of amides is 1. The molecule has 25 heavy (non-hydrogen) atoms. The summed E-state index contributed by atoms with van der Waals surface area (Å²) < 4.78 is 1.88. The first-order valence-electron chi connectivity index (χ1n) is 8.03. The number of carbonyl (C=O) groups excluding carboxylic acids is 1. The predicted molar refractivity (Wildman–Crippen MR) is 98.3 cm³/mol. The molecule has 3 aromatic rings. The van der Waals surface area contributed by atoms with Crippen molar-refractivity contribution in [1.82, 2.24) is 20.1 Å². The van der Waals surface area contributed by atoms with Crippen molar-refractivity contribution in [3.8, 4) is 5.82 Å². The topological polar surface area (TPSA) is 71.8 Å². The van der Waals surface area contributed by atoms with Crippen molar-refractivity contribution in [2.45, 2.75) is 0 Å². The van der Waals surface area contributed by atoms with E-state index in [4.69, 9.17) is 0 Å². The normalized spacial score (nSPS) is 10.7. The summed E-state index contributed by atoms with van der Waals surface area (Å²) >= 11 is 0. The molecule has 0 saturated carbocycles. The molecule has 0 aliphatic rings. The fourth-order valence-corrected chi connectivity index (χ4v) is 2.22. The lowest BCUT2D eigenvalue weighted by molar-refractivity contribution is -0.116. The summed E-state index contributed by atoms with van der Waals surface area (Å²) in [5.74, 6) is 1.31. The van der Waals surface area contributed by atoms with Crippen molar-refractivity contribution in [1.29, 1.82) is 0 Å². The third-order valence-corrected chi connectivity index (χ3v) is 3.48. The second kappa shape index (κ2) is 8.44. The molecule has 2 heterocycles. The van der Waals surface area contributed by atoms with Gasteiger partial charge in [-0.1, -0.05) is 30.3 Å². The number of rotatable bonds is 7. The molecule has 126 valence electrons. The first-order chi connectivity index (χ1) is 12.3. The second-order valence-electron chi connectivity index (χ2n) is 5.33. The highest BCUT2D eigenvalue weighted by Crippen LogP contribution is 2.06. The molecular weight excluding hydrogens is 314 g/mol. The van der Waals surface area contributed by atoms with Crippen LogP contribution in [0.1, 0.15) is 5.56 Å². The number of hydrogen-bond acceptors (Lipinski definition) is 4. The molecule has 6 heteroatoms. The minimum absolute atomic E-state index is 0.125.